The van der Waals surface area contributed by atoms with E-state index >= 15 is 0 Å². The van der Waals surface area contributed by atoms with E-state index in [4.69, 9.17) is 13.9 Å². The minimum atomic E-state index is -1.92. The van der Waals surface area contributed by atoms with E-state index in [2.05, 4.69) is 25.7 Å². The van der Waals surface area contributed by atoms with Gasteiger partial charge in [0.2, 0.25) is 0 Å². The molecule has 0 N–H and O–H groups in total. The van der Waals surface area contributed by atoms with Crippen molar-refractivity contribution in [3.05, 3.63) is 23.8 Å². The van der Waals surface area contributed by atoms with Gasteiger partial charge in [-0.1, -0.05) is 13.3 Å². The monoisotopic (exact) mass is 307 g/mol. The van der Waals surface area contributed by atoms with Crippen LogP contribution in [0.3, 0.4) is 0 Å². The Balaban J connectivity index is 3.47. The fourth-order valence-electron chi connectivity index (χ4n) is 2.38. The second-order valence-corrected chi connectivity index (χ2v) is 10.4. The van der Waals surface area contributed by atoms with Crippen molar-refractivity contribution in [2.45, 2.75) is 45.0 Å². The van der Waals surface area contributed by atoms with E-state index in [-0.39, 0.29) is 0 Å². The average Bonchev–Trinajstić information content (AvgIpc) is 2.44. The van der Waals surface area contributed by atoms with Gasteiger partial charge in [0.25, 0.3) is 0 Å². The third-order valence-corrected chi connectivity index (χ3v) is 4.07. The molecule has 0 aliphatic carbocycles. The molecule has 1 atom stereocenters. The highest BCUT2D eigenvalue weighted by atomic mass is 28.4. The van der Waals surface area contributed by atoms with Gasteiger partial charge in [-0.25, -0.2) is 0 Å². The maximum absolute atomic E-state index is 9.86. The zero-order valence-corrected chi connectivity index (χ0v) is 14.8. The van der Waals surface area contributed by atoms with E-state index in [0.29, 0.717) is 17.9 Å². The van der Waals surface area contributed by atoms with Gasteiger partial charge < -0.3 is 13.9 Å². The molecule has 0 saturated heterocycles. The van der Waals surface area contributed by atoms with Gasteiger partial charge in [-0.15, -0.1) is 0 Å². The third kappa shape index (κ3) is 4.23. The maximum atomic E-state index is 9.86. The van der Waals surface area contributed by atoms with Crippen LogP contribution < -0.4 is 9.47 Å². The third-order valence-electron chi connectivity index (χ3n) is 3.10. The number of benzene rings is 1. The van der Waals surface area contributed by atoms with E-state index in [1.165, 1.54) is 0 Å². The van der Waals surface area contributed by atoms with Crippen LogP contribution in [0.2, 0.25) is 19.6 Å². The molecule has 5 heteroatoms. The Labute approximate surface area is 128 Å². The van der Waals surface area contributed by atoms with Crippen LogP contribution in [0.1, 0.15) is 25.3 Å². The molecule has 1 aromatic carbocycles. The Morgan fingerprint density at radius 2 is 1.86 bits per heavy atom. The first-order valence-corrected chi connectivity index (χ1v) is 10.6. The van der Waals surface area contributed by atoms with Crippen molar-refractivity contribution in [3.8, 4) is 17.6 Å². The van der Waals surface area contributed by atoms with E-state index in [1.807, 2.05) is 25.1 Å². The van der Waals surface area contributed by atoms with E-state index < -0.39 is 13.9 Å². The highest BCUT2D eigenvalue weighted by Crippen LogP contribution is 2.40. The van der Waals surface area contributed by atoms with E-state index in [9.17, 15) is 5.26 Å². The summed E-state index contributed by atoms with van der Waals surface area (Å²) in [5, 5.41) is 9.86. The molecule has 0 radical (unpaired) electrons. The lowest BCUT2D eigenvalue weighted by Gasteiger charge is -2.35. The van der Waals surface area contributed by atoms with Crippen molar-refractivity contribution >= 4 is 8.32 Å². The summed E-state index contributed by atoms with van der Waals surface area (Å²) >= 11 is 0. The number of rotatable bonds is 7. The van der Waals surface area contributed by atoms with Gasteiger partial charge >= 0.3 is 0 Å². The Hall–Kier alpha value is -1.51. The molecule has 0 unspecified atom stereocenters. The van der Waals surface area contributed by atoms with Crippen molar-refractivity contribution in [1.29, 1.82) is 5.26 Å². The minimum Gasteiger partial charge on any atom is -0.497 e. The quantitative estimate of drug-likeness (QED) is 0.712. The molecule has 21 heavy (non-hydrogen) atoms. The topological polar surface area (TPSA) is 51.5 Å². The van der Waals surface area contributed by atoms with Gasteiger partial charge in [0.15, 0.2) is 13.9 Å². The lowest BCUT2D eigenvalue weighted by atomic mass is 9.90. The average molecular weight is 307 g/mol. The van der Waals surface area contributed by atoms with Crippen molar-refractivity contribution in [1.82, 2.24) is 0 Å². The molecule has 0 aliphatic heterocycles. The first-order chi connectivity index (χ1) is 9.81. The summed E-state index contributed by atoms with van der Waals surface area (Å²) in [6, 6.07) is 7.88. The molecule has 1 aromatic rings. The summed E-state index contributed by atoms with van der Waals surface area (Å²) < 4.78 is 17.0. The van der Waals surface area contributed by atoms with Crippen LogP contribution in [0, 0.1) is 11.3 Å². The number of hydrogen-bond acceptors (Lipinski definition) is 4. The van der Waals surface area contributed by atoms with Gasteiger partial charge in [-0.3, -0.25) is 0 Å². The predicted molar refractivity (Wildman–Crippen MR) is 86.2 cm³/mol. The van der Waals surface area contributed by atoms with Crippen LogP contribution >= 0.6 is 0 Å². The molecule has 0 aromatic heterocycles. The summed E-state index contributed by atoms with van der Waals surface area (Å²) in [7, 11) is 1.30. The summed E-state index contributed by atoms with van der Waals surface area (Å²) in [5.74, 6) is 1.35. The Morgan fingerprint density at radius 3 is 2.29 bits per heavy atom. The van der Waals surface area contributed by atoms with Crippen molar-refractivity contribution in [2.24, 2.45) is 0 Å². The van der Waals surface area contributed by atoms with Crippen LogP contribution in [0.5, 0.6) is 11.5 Å². The van der Waals surface area contributed by atoms with Crippen LogP contribution in [-0.4, -0.2) is 22.5 Å². The number of hydrogen-bond donors (Lipinski definition) is 0. The first kappa shape index (κ1) is 17.5. The highest BCUT2D eigenvalue weighted by molar-refractivity contribution is 6.69. The van der Waals surface area contributed by atoms with Crippen molar-refractivity contribution in [2.75, 3.05) is 14.2 Å². The smallest absolute Gasteiger partial charge is 0.186 e. The molecule has 0 aliphatic rings. The van der Waals surface area contributed by atoms with Gasteiger partial charge in [-0.2, -0.15) is 5.26 Å². The van der Waals surface area contributed by atoms with Crippen molar-refractivity contribution < 1.29 is 13.9 Å². The normalized spacial score (nSPS) is 14.1. The zero-order chi connectivity index (χ0) is 16.1. The number of nitriles is 1. The number of ether oxygens (including phenoxy) is 2. The molecule has 0 fully saturated rings. The number of nitrogens with zero attached hydrogens (tertiary/aromatic N) is 1. The standard InChI is InChI=1S/C16H25NO3Si/c1-7-10-16(12-17,20-21(4,5)6)14-11-13(18-2)8-9-15(14)19-3/h8-9,11H,7,10H2,1-6H3/t16-/m0/s1. The molecular weight excluding hydrogens is 282 g/mol. The first-order valence-electron chi connectivity index (χ1n) is 7.16. The summed E-state index contributed by atoms with van der Waals surface area (Å²) in [6.45, 7) is 8.30. The zero-order valence-electron chi connectivity index (χ0n) is 13.8. The fourth-order valence-corrected chi connectivity index (χ4v) is 3.69. The molecule has 0 spiro atoms. The maximum Gasteiger partial charge on any atom is 0.186 e. The lowest BCUT2D eigenvalue weighted by molar-refractivity contribution is 0.104. The van der Waals surface area contributed by atoms with Gasteiger partial charge in [0.1, 0.15) is 17.6 Å². The molecule has 0 saturated carbocycles. The molecule has 1 rings (SSSR count). The van der Waals surface area contributed by atoms with Gasteiger partial charge in [-0.05, 0) is 44.3 Å². The Morgan fingerprint density at radius 1 is 1.19 bits per heavy atom. The lowest BCUT2D eigenvalue weighted by Crippen LogP contribution is -2.40. The molecule has 0 bridgehead atoms. The van der Waals surface area contributed by atoms with E-state index in [1.54, 1.807) is 14.2 Å². The van der Waals surface area contributed by atoms with Crippen molar-refractivity contribution in [3.63, 3.8) is 0 Å². The second-order valence-electron chi connectivity index (χ2n) is 5.97. The van der Waals surface area contributed by atoms with Gasteiger partial charge in [0, 0.05) is 5.56 Å². The fraction of sp³-hybridized carbons (Fsp3) is 0.562. The SMILES string of the molecule is CCC[C@@](C#N)(O[Si](C)(C)C)c1cc(OC)ccc1OC. The largest absolute Gasteiger partial charge is 0.497 e. The van der Waals surface area contributed by atoms with Gasteiger partial charge in [0.05, 0.1) is 14.2 Å². The van der Waals surface area contributed by atoms with Crippen LogP contribution in [0.15, 0.2) is 18.2 Å². The number of methoxy groups -OCH3 is 2. The second kappa shape index (κ2) is 6.97. The Bertz CT molecular complexity index is 519. The molecule has 0 heterocycles. The Kier molecular flexibility index (Phi) is 5.82. The van der Waals surface area contributed by atoms with Crippen LogP contribution in [-0.2, 0) is 10.0 Å². The summed E-state index contributed by atoms with van der Waals surface area (Å²) in [5.41, 5.74) is -0.241. The molecule has 116 valence electrons. The molecular formula is C16H25NO3Si. The molecule has 0 amide bonds. The summed E-state index contributed by atoms with van der Waals surface area (Å²) in [4.78, 5) is 0. The minimum absolute atomic E-state index is 0.622. The summed E-state index contributed by atoms with van der Waals surface area (Å²) in [6.07, 6.45) is 1.47. The van der Waals surface area contributed by atoms with Crippen LogP contribution in [0.25, 0.3) is 0 Å². The molecule has 4 nitrogen and oxygen atoms in total. The highest BCUT2D eigenvalue weighted by Gasteiger charge is 2.40. The van der Waals surface area contributed by atoms with Crippen LogP contribution in [0.4, 0.5) is 0 Å². The predicted octanol–water partition coefficient (Wildman–Crippen LogP) is 4.07. The van der Waals surface area contributed by atoms with E-state index in [0.717, 1.165) is 12.0 Å².